The van der Waals surface area contributed by atoms with E-state index >= 15 is 0 Å². The number of hydrogen-bond donors (Lipinski definition) is 2. The van der Waals surface area contributed by atoms with Gasteiger partial charge in [0.2, 0.25) is 0 Å². The predicted molar refractivity (Wildman–Crippen MR) is 72.0 cm³/mol. The van der Waals surface area contributed by atoms with Crippen LogP contribution in [0.2, 0.25) is 0 Å². The number of hydrogen-bond acceptors (Lipinski definition) is 2. The topological polar surface area (TPSA) is 32.3 Å². The molecule has 0 bridgehead atoms. The average Bonchev–Trinajstić information content (AvgIpc) is 2.34. The molecule has 2 rings (SSSR count). The zero-order valence-electron chi connectivity index (χ0n) is 11.1. The van der Waals surface area contributed by atoms with Gasteiger partial charge in [0.25, 0.3) is 0 Å². The van der Waals surface area contributed by atoms with Gasteiger partial charge in [0.15, 0.2) is 0 Å². The number of halogens is 1. The maximum atomic E-state index is 13.2. The van der Waals surface area contributed by atoms with Crippen LogP contribution in [0.1, 0.15) is 33.1 Å². The summed E-state index contributed by atoms with van der Waals surface area (Å²) in [5.74, 6) is 0.737. The molecule has 1 saturated carbocycles. The van der Waals surface area contributed by atoms with Gasteiger partial charge in [-0.2, -0.15) is 0 Å². The van der Waals surface area contributed by atoms with Crippen molar-refractivity contribution in [1.29, 1.82) is 0 Å². The Kier molecular flexibility index (Phi) is 3.91. The zero-order valence-corrected chi connectivity index (χ0v) is 11.1. The van der Waals surface area contributed by atoms with Crippen LogP contribution in [-0.2, 0) is 0 Å². The second-order valence-electron chi connectivity index (χ2n) is 5.74. The van der Waals surface area contributed by atoms with Crippen LogP contribution in [0.25, 0.3) is 0 Å². The van der Waals surface area contributed by atoms with E-state index in [0.29, 0.717) is 11.8 Å². The van der Waals surface area contributed by atoms with Gasteiger partial charge >= 0.3 is 0 Å². The van der Waals surface area contributed by atoms with E-state index in [1.807, 2.05) is 6.07 Å². The Morgan fingerprint density at radius 3 is 2.83 bits per heavy atom. The lowest BCUT2D eigenvalue weighted by molar-refractivity contribution is 0.103. The second-order valence-corrected chi connectivity index (χ2v) is 5.74. The Bertz CT molecular complexity index is 409. The monoisotopic (exact) mass is 251 g/mol. The van der Waals surface area contributed by atoms with E-state index < -0.39 is 0 Å². The van der Waals surface area contributed by atoms with Crippen molar-refractivity contribution in [2.75, 3.05) is 11.9 Å². The first-order chi connectivity index (χ1) is 8.55. The Morgan fingerprint density at radius 1 is 1.39 bits per heavy atom. The van der Waals surface area contributed by atoms with Gasteiger partial charge in [0.05, 0.1) is 12.1 Å². The van der Waals surface area contributed by atoms with Crippen LogP contribution in [0.4, 0.5) is 10.1 Å². The normalized spacial score (nSPS) is 32.2. The first-order valence-corrected chi connectivity index (χ1v) is 6.70. The first kappa shape index (κ1) is 13.3. The molecule has 2 nitrogen and oxygen atoms in total. The van der Waals surface area contributed by atoms with Crippen molar-refractivity contribution < 1.29 is 9.50 Å². The molecule has 0 amide bonds. The molecule has 18 heavy (non-hydrogen) atoms. The fourth-order valence-electron chi connectivity index (χ4n) is 3.02. The maximum Gasteiger partial charge on any atom is 0.125 e. The molecule has 1 aromatic carbocycles. The number of anilines is 1. The molecule has 3 atom stereocenters. The lowest BCUT2D eigenvalue weighted by Gasteiger charge is -2.45. The molecule has 100 valence electrons. The Balaban J connectivity index is 2.21. The molecule has 0 aromatic heterocycles. The Morgan fingerprint density at radius 2 is 2.17 bits per heavy atom. The average molecular weight is 251 g/mol. The van der Waals surface area contributed by atoms with Gasteiger partial charge in [0.1, 0.15) is 5.82 Å². The first-order valence-electron chi connectivity index (χ1n) is 6.70. The minimum Gasteiger partial charge on any atom is -0.394 e. The minimum atomic E-state index is -0.314. The number of aliphatic hydroxyl groups is 1. The zero-order chi connectivity index (χ0) is 13.2. The molecule has 1 aliphatic rings. The molecule has 1 fully saturated rings. The lowest BCUT2D eigenvalue weighted by Crippen LogP contribution is -2.51. The van der Waals surface area contributed by atoms with E-state index in [2.05, 4.69) is 19.2 Å². The van der Waals surface area contributed by atoms with E-state index in [0.717, 1.165) is 18.5 Å². The lowest BCUT2D eigenvalue weighted by atomic mass is 9.70. The molecular weight excluding hydrogens is 229 g/mol. The highest BCUT2D eigenvalue weighted by Crippen LogP contribution is 2.39. The quantitative estimate of drug-likeness (QED) is 0.862. The summed E-state index contributed by atoms with van der Waals surface area (Å²) in [7, 11) is 0. The molecule has 0 saturated heterocycles. The van der Waals surface area contributed by atoms with E-state index in [-0.39, 0.29) is 18.0 Å². The molecule has 0 heterocycles. The fraction of sp³-hybridized carbons (Fsp3) is 0.600. The van der Waals surface area contributed by atoms with Crippen molar-refractivity contribution in [3.05, 3.63) is 30.1 Å². The fourth-order valence-corrected chi connectivity index (χ4v) is 3.02. The highest BCUT2D eigenvalue weighted by molar-refractivity contribution is 5.46. The van der Waals surface area contributed by atoms with Crippen LogP contribution in [0, 0.1) is 17.7 Å². The van der Waals surface area contributed by atoms with Crippen LogP contribution in [-0.4, -0.2) is 17.3 Å². The minimum absolute atomic E-state index is 0.0923. The molecule has 0 spiro atoms. The van der Waals surface area contributed by atoms with Crippen LogP contribution < -0.4 is 5.32 Å². The Labute approximate surface area is 108 Å². The summed E-state index contributed by atoms with van der Waals surface area (Å²) in [5, 5.41) is 13.2. The van der Waals surface area contributed by atoms with Crippen molar-refractivity contribution in [1.82, 2.24) is 0 Å². The summed E-state index contributed by atoms with van der Waals surface area (Å²) in [6.45, 7) is 4.47. The van der Waals surface area contributed by atoms with Gasteiger partial charge in [0, 0.05) is 5.69 Å². The highest BCUT2D eigenvalue weighted by atomic mass is 19.1. The number of benzene rings is 1. The summed E-state index contributed by atoms with van der Waals surface area (Å²) in [4.78, 5) is 0. The van der Waals surface area contributed by atoms with Crippen LogP contribution >= 0.6 is 0 Å². The third-order valence-corrected chi connectivity index (χ3v) is 4.25. The van der Waals surface area contributed by atoms with Gasteiger partial charge < -0.3 is 10.4 Å². The van der Waals surface area contributed by atoms with Crippen LogP contribution in [0.5, 0.6) is 0 Å². The molecular formula is C15H22FNO. The molecule has 3 heteroatoms. The highest BCUT2D eigenvalue weighted by Gasteiger charge is 2.40. The summed E-state index contributed by atoms with van der Waals surface area (Å²) < 4.78 is 13.2. The molecule has 1 aromatic rings. The largest absolute Gasteiger partial charge is 0.394 e. The third-order valence-electron chi connectivity index (χ3n) is 4.25. The maximum absolute atomic E-state index is 13.2. The number of nitrogens with one attached hydrogen (secondary N) is 1. The summed E-state index contributed by atoms with van der Waals surface area (Å²) in [6.07, 6.45) is 3.24. The molecule has 0 aliphatic heterocycles. The van der Waals surface area contributed by atoms with Gasteiger partial charge in [-0.15, -0.1) is 0 Å². The standard InChI is InChI=1S/C15H22FNO/c1-11-6-7-12(2)15(9-11,10-18)17-14-5-3-4-13(16)8-14/h3-5,8,11-12,17-18H,6-7,9-10H2,1-2H3. The van der Waals surface area contributed by atoms with E-state index in [4.69, 9.17) is 0 Å². The molecule has 2 N–H and O–H groups in total. The van der Waals surface area contributed by atoms with Gasteiger partial charge in [-0.1, -0.05) is 26.3 Å². The van der Waals surface area contributed by atoms with E-state index in [1.54, 1.807) is 6.07 Å². The predicted octanol–water partition coefficient (Wildman–Crippen LogP) is 3.42. The van der Waals surface area contributed by atoms with E-state index in [1.165, 1.54) is 18.6 Å². The SMILES string of the molecule is CC1CCC(C)C(CO)(Nc2cccc(F)c2)C1. The molecule has 1 aliphatic carbocycles. The summed E-state index contributed by atoms with van der Waals surface area (Å²) in [6, 6.07) is 6.47. The number of rotatable bonds is 3. The van der Waals surface area contributed by atoms with Gasteiger partial charge in [-0.05, 0) is 42.9 Å². The van der Waals surface area contributed by atoms with Crippen molar-refractivity contribution in [3.63, 3.8) is 0 Å². The summed E-state index contributed by atoms with van der Waals surface area (Å²) in [5.41, 5.74) is 0.441. The van der Waals surface area contributed by atoms with Gasteiger partial charge in [-0.3, -0.25) is 0 Å². The summed E-state index contributed by atoms with van der Waals surface area (Å²) >= 11 is 0. The third kappa shape index (κ3) is 2.66. The van der Waals surface area contributed by atoms with E-state index in [9.17, 15) is 9.50 Å². The van der Waals surface area contributed by atoms with Crippen LogP contribution in [0.3, 0.4) is 0 Å². The van der Waals surface area contributed by atoms with Crippen molar-refractivity contribution >= 4 is 5.69 Å². The van der Waals surface area contributed by atoms with Crippen molar-refractivity contribution in [3.8, 4) is 0 Å². The molecule has 3 unspecified atom stereocenters. The van der Waals surface area contributed by atoms with Crippen molar-refractivity contribution in [2.45, 2.75) is 38.6 Å². The van der Waals surface area contributed by atoms with Crippen molar-refractivity contribution in [2.24, 2.45) is 11.8 Å². The smallest absolute Gasteiger partial charge is 0.125 e. The van der Waals surface area contributed by atoms with Gasteiger partial charge in [-0.25, -0.2) is 4.39 Å². The Hall–Kier alpha value is -1.09. The molecule has 0 radical (unpaired) electrons. The number of aliphatic hydroxyl groups excluding tert-OH is 1. The van der Waals surface area contributed by atoms with Crippen LogP contribution in [0.15, 0.2) is 24.3 Å². The second kappa shape index (κ2) is 5.27.